The van der Waals surface area contributed by atoms with E-state index in [-0.39, 0.29) is 25.4 Å². The molecule has 1 fully saturated rings. The van der Waals surface area contributed by atoms with Gasteiger partial charge in [0.2, 0.25) is 5.95 Å². The smallest absolute Gasteiger partial charge is 0.332 e. The molecule has 10 nitrogen and oxygen atoms in total. The summed E-state index contributed by atoms with van der Waals surface area (Å²) in [6.07, 6.45) is 3.98. The van der Waals surface area contributed by atoms with Gasteiger partial charge in [-0.15, -0.1) is 0 Å². The Kier molecular flexibility index (Phi) is 6.45. The molecule has 0 unspecified atom stereocenters. The van der Waals surface area contributed by atoms with Crippen molar-refractivity contribution in [1.82, 2.24) is 18.7 Å². The number of hydrogen-bond donors (Lipinski definition) is 2. The largest absolute Gasteiger partial charge is 0.481 e. The Hall–Kier alpha value is -2.88. The number of hydrogen-bond acceptors (Lipinski definition) is 6. The van der Waals surface area contributed by atoms with Crippen LogP contribution < -0.4 is 21.9 Å². The molecular weight excluding hydrogens is 388 g/mol. The summed E-state index contributed by atoms with van der Waals surface area (Å²) in [5.41, 5.74) is 7.00. The highest BCUT2D eigenvalue weighted by Crippen LogP contribution is 2.23. The Morgan fingerprint density at radius 1 is 1.30 bits per heavy atom. The molecule has 0 saturated carbocycles. The van der Waals surface area contributed by atoms with Crippen LogP contribution in [0.2, 0.25) is 0 Å². The van der Waals surface area contributed by atoms with Crippen molar-refractivity contribution < 1.29 is 9.90 Å². The van der Waals surface area contributed by atoms with E-state index >= 15 is 0 Å². The van der Waals surface area contributed by atoms with Crippen LogP contribution in [0.5, 0.6) is 0 Å². The molecule has 3 rings (SSSR count). The number of imidazole rings is 1. The van der Waals surface area contributed by atoms with Crippen molar-refractivity contribution in [2.45, 2.75) is 58.7 Å². The third kappa shape index (κ3) is 4.33. The second-order valence-electron chi connectivity index (χ2n) is 8.12. The van der Waals surface area contributed by atoms with Gasteiger partial charge in [-0.3, -0.25) is 18.7 Å². The van der Waals surface area contributed by atoms with Gasteiger partial charge in [0.05, 0.1) is 0 Å². The number of aliphatic carboxylic acids is 1. The summed E-state index contributed by atoms with van der Waals surface area (Å²) in [6, 6.07) is 0.0342. The highest BCUT2D eigenvalue weighted by Gasteiger charge is 2.26. The van der Waals surface area contributed by atoms with Crippen LogP contribution in [0.25, 0.3) is 11.2 Å². The van der Waals surface area contributed by atoms with Crippen LogP contribution in [-0.2, 0) is 24.9 Å². The summed E-state index contributed by atoms with van der Waals surface area (Å²) in [4.78, 5) is 43.7. The number of nitrogens with two attached hydrogens (primary N) is 1. The molecule has 164 valence electrons. The lowest BCUT2D eigenvalue weighted by molar-refractivity contribution is -0.137. The molecule has 2 aromatic rings. The second kappa shape index (κ2) is 8.86. The Balaban J connectivity index is 2.18. The highest BCUT2D eigenvalue weighted by molar-refractivity contribution is 5.74. The first-order chi connectivity index (χ1) is 14.2. The molecule has 1 aliphatic rings. The van der Waals surface area contributed by atoms with Gasteiger partial charge < -0.3 is 20.3 Å². The molecule has 0 aliphatic carbocycles. The summed E-state index contributed by atoms with van der Waals surface area (Å²) >= 11 is 0. The molecule has 10 heteroatoms. The van der Waals surface area contributed by atoms with Gasteiger partial charge >= 0.3 is 11.7 Å². The normalized spacial score (nSPS) is 16.8. The number of aromatic nitrogens is 4. The summed E-state index contributed by atoms with van der Waals surface area (Å²) < 4.78 is 4.32. The Labute approximate surface area is 174 Å². The monoisotopic (exact) mass is 418 g/mol. The maximum atomic E-state index is 13.3. The van der Waals surface area contributed by atoms with Gasteiger partial charge in [0.25, 0.3) is 5.56 Å². The molecule has 3 N–H and O–H groups in total. The summed E-state index contributed by atoms with van der Waals surface area (Å²) in [7, 11) is 1.59. The Morgan fingerprint density at radius 3 is 2.67 bits per heavy atom. The van der Waals surface area contributed by atoms with Crippen LogP contribution in [0.1, 0.15) is 39.5 Å². The molecule has 1 aliphatic heterocycles. The topological polar surface area (TPSA) is 128 Å². The third-order valence-corrected chi connectivity index (χ3v) is 5.41. The van der Waals surface area contributed by atoms with E-state index in [1.54, 1.807) is 7.05 Å². The first-order valence-electron chi connectivity index (χ1n) is 10.3. The van der Waals surface area contributed by atoms with Gasteiger partial charge in [0.1, 0.15) is 0 Å². The fourth-order valence-corrected chi connectivity index (χ4v) is 3.83. The van der Waals surface area contributed by atoms with Gasteiger partial charge in [-0.05, 0) is 33.1 Å². The molecule has 0 radical (unpaired) electrons. The first kappa shape index (κ1) is 21.8. The highest BCUT2D eigenvalue weighted by atomic mass is 16.4. The zero-order valence-electron chi connectivity index (χ0n) is 17.8. The molecule has 1 atom stereocenters. The minimum atomic E-state index is -0.960. The first-order valence-corrected chi connectivity index (χ1v) is 10.3. The maximum Gasteiger partial charge on any atom is 0.332 e. The van der Waals surface area contributed by atoms with Crippen molar-refractivity contribution in [2.24, 2.45) is 12.8 Å². The number of piperidine rings is 1. The van der Waals surface area contributed by atoms with Crippen LogP contribution in [0.4, 0.5) is 5.95 Å². The second-order valence-corrected chi connectivity index (χ2v) is 8.12. The van der Waals surface area contributed by atoms with Crippen molar-refractivity contribution in [3.63, 3.8) is 0 Å². The predicted octanol–water partition coefficient (Wildman–Crippen LogP) is 0.655. The number of nitrogens with zero attached hydrogens (tertiary/aromatic N) is 5. The van der Waals surface area contributed by atoms with E-state index in [0.717, 1.165) is 29.5 Å². The van der Waals surface area contributed by atoms with Gasteiger partial charge in [-0.2, -0.15) is 4.98 Å². The zero-order valence-corrected chi connectivity index (χ0v) is 17.8. The molecular formula is C20H30N6O4. The van der Waals surface area contributed by atoms with E-state index in [1.807, 2.05) is 24.5 Å². The van der Waals surface area contributed by atoms with Crippen LogP contribution in [0.15, 0.2) is 21.2 Å². The van der Waals surface area contributed by atoms with E-state index < -0.39 is 17.2 Å². The molecule has 3 heterocycles. The SMILES string of the molecule is CC(C)=CCn1c(N2CCC[C@H](N)C2)nc2c1c(=O)n(CCCC(=O)O)c(=O)n2C. The lowest BCUT2D eigenvalue weighted by Gasteiger charge is -2.31. The maximum absolute atomic E-state index is 13.3. The molecule has 0 spiro atoms. The lowest BCUT2D eigenvalue weighted by atomic mass is 10.1. The predicted molar refractivity (Wildman–Crippen MR) is 115 cm³/mol. The number of fused-ring (bicyclic) bond motifs is 1. The molecule has 0 aromatic carbocycles. The lowest BCUT2D eigenvalue weighted by Crippen LogP contribution is -2.44. The van der Waals surface area contributed by atoms with Crippen LogP contribution in [0, 0.1) is 0 Å². The number of aryl methyl sites for hydroxylation is 1. The van der Waals surface area contributed by atoms with Gasteiger partial charge in [-0.25, -0.2) is 4.79 Å². The number of carbonyl (C=O) groups is 1. The van der Waals surface area contributed by atoms with Crippen molar-refractivity contribution in [1.29, 1.82) is 0 Å². The average molecular weight is 418 g/mol. The van der Waals surface area contributed by atoms with Crippen molar-refractivity contribution >= 4 is 23.1 Å². The zero-order chi connectivity index (χ0) is 22.0. The molecule has 2 aromatic heterocycles. The van der Waals surface area contributed by atoms with E-state index in [2.05, 4.69) is 9.88 Å². The number of rotatable bonds is 7. The van der Waals surface area contributed by atoms with Crippen LogP contribution >= 0.6 is 0 Å². The van der Waals surface area contributed by atoms with Crippen molar-refractivity contribution in [3.05, 3.63) is 32.5 Å². The Bertz CT molecular complexity index is 1090. The number of carboxylic acids is 1. The van der Waals surface area contributed by atoms with Gasteiger partial charge in [0, 0.05) is 45.7 Å². The summed E-state index contributed by atoms with van der Waals surface area (Å²) in [5.74, 6) is -0.327. The van der Waals surface area contributed by atoms with E-state index in [9.17, 15) is 14.4 Å². The Morgan fingerprint density at radius 2 is 2.03 bits per heavy atom. The fraction of sp³-hybridized carbons (Fsp3) is 0.600. The standard InChI is InChI=1S/C20H30N6O4/c1-13(2)8-11-25-16-17(22-19(25)24-9-4-6-14(21)12-24)23(3)20(30)26(18(16)29)10-5-7-15(27)28/h8,14H,4-7,9-12,21H2,1-3H3,(H,27,28)/t14-/m0/s1. The fourth-order valence-electron chi connectivity index (χ4n) is 3.83. The van der Waals surface area contributed by atoms with Crippen molar-refractivity contribution in [2.75, 3.05) is 18.0 Å². The molecule has 0 bridgehead atoms. The van der Waals surface area contributed by atoms with Gasteiger partial charge in [0.15, 0.2) is 11.2 Å². The number of carboxylic acid groups (broad SMARTS) is 1. The molecule has 1 saturated heterocycles. The quantitative estimate of drug-likeness (QED) is 0.632. The average Bonchev–Trinajstić information content (AvgIpc) is 3.07. The van der Waals surface area contributed by atoms with E-state index in [0.29, 0.717) is 30.2 Å². The number of allylic oxidation sites excluding steroid dienone is 2. The number of anilines is 1. The minimum absolute atomic E-state index is 0.0342. The minimum Gasteiger partial charge on any atom is -0.481 e. The molecule has 0 amide bonds. The van der Waals surface area contributed by atoms with Crippen LogP contribution in [-0.4, -0.2) is 48.9 Å². The van der Waals surface area contributed by atoms with Crippen LogP contribution in [0.3, 0.4) is 0 Å². The summed E-state index contributed by atoms with van der Waals surface area (Å²) in [5, 5.41) is 8.88. The third-order valence-electron chi connectivity index (χ3n) is 5.41. The van der Waals surface area contributed by atoms with E-state index in [4.69, 9.17) is 10.8 Å². The molecule has 30 heavy (non-hydrogen) atoms. The van der Waals surface area contributed by atoms with E-state index in [1.165, 1.54) is 4.57 Å². The summed E-state index contributed by atoms with van der Waals surface area (Å²) in [6.45, 7) is 5.88. The van der Waals surface area contributed by atoms with Crippen molar-refractivity contribution in [3.8, 4) is 0 Å². The van der Waals surface area contributed by atoms with Gasteiger partial charge in [-0.1, -0.05) is 11.6 Å².